The topological polar surface area (TPSA) is 90.2 Å². The molecule has 1 aromatic rings. The van der Waals surface area contributed by atoms with Gasteiger partial charge in [0.15, 0.2) is 0 Å². The Morgan fingerprint density at radius 2 is 1.24 bits per heavy atom. The molecule has 138 valence electrons. The number of hydrogen-bond donors (Lipinski definition) is 0. The van der Waals surface area contributed by atoms with E-state index in [4.69, 9.17) is 0 Å². The van der Waals surface area contributed by atoms with Crippen LogP contribution in [0, 0.1) is 10.1 Å². The van der Waals surface area contributed by atoms with Gasteiger partial charge in [0.1, 0.15) is 0 Å². The fourth-order valence-electron chi connectivity index (χ4n) is 2.12. The first-order valence-electron chi connectivity index (χ1n) is 7.81. The Hall–Kier alpha value is -2.52. The fourth-order valence-corrected chi connectivity index (χ4v) is 2.12. The lowest BCUT2D eigenvalue weighted by Gasteiger charge is -2.23. The maximum Gasteiger partial charge on any atom is 0.273 e. The van der Waals surface area contributed by atoms with Crippen LogP contribution in [0.1, 0.15) is 0 Å². The Morgan fingerprint density at radius 1 is 0.840 bits per heavy atom. The normalized spacial score (nSPS) is 10.8. The minimum atomic E-state index is -0.531. The molecule has 9 heteroatoms. The van der Waals surface area contributed by atoms with E-state index in [1.165, 1.54) is 21.9 Å². The Labute approximate surface area is 147 Å². The summed E-state index contributed by atoms with van der Waals surface area (Å²) in [6.45, 7) is 1.98. The number of benzene rings is 1. The van der Waals surface area contributed by atoms with Gasteiger partial charge in [-0.15, -0.1) is 0 Å². The monoisotopic (exact) mass is 351 g/mol. The van der Waals surface area contributed by atoms with E-state index >= 15 is 0 Å². The molecule has 0 N–H and O–H groups in total. The molecule has 0 aliphatic carbocycles. The standard InChI is InChI=1S/C16H25N5O4/c1-17(2)5-7-19(12-22)14-9-15(11-16(10-14)21(24)25)20(13-23)8-6-18(3)4/h9-13H,5-8H2,1-4H3. The highest BCUT2D eigenvalue weighted by Crippen LogP contribution is 2.28. The molecule has 1 aromatic carbocycles. The van der Waals surface area contributed by atoms with Crippen LogP contribution in [0.4, 0.5) is 17.1 Å². The minimum Gasteiger partial charge on any atom is -0.313 e. The van der Waals surface area contributed by atoms with Crippen LogP contribution in [0.25, 0.3) is 0 Å². The molecule has 0 unspecified atom stereocenters. The number of nitro groups is 1. The SMILES string of the molecule is CN(C)CCN(C=O)c1cc(N(C=O)CCN(C)C)cc([N+](=O)[O-])c1. The minimum absolute atomic E-state index is 0.166. The van der Waals surface area contributed by atoms with Crippen molar-refractivity contribution in [1.82, 2.24) is 9.80 Å². The van der Waals surface area contributed by atoms with Crippen LogP contribution in [0.2, 0.25) is 0 Å². The van der Waals surface area contributed by atoms with E-state index in [9.17, 15) is 19.7 Å². The average Bonchev–Trinajstić information content (AvgIpc) is 2.55. The zero-order chi connectivity index (χ0) is 19.0. The molecule has 0 aliphatic heterocycles. The molecule has 2 amide bonds. The van der Waals surface area contributed by atoms with Crippen LogP contribution in [-0.4, -0.2) is 81.9 Å². The van der Waals surface area contributed by atoms with Crippen molar-refractivity contribution in [2.24, 2.45) is 0 Å². The largest absolute Gasteiger partial charge is 0.313 e. The summed E-state index contributed by atoms with van der Waals surface area (Å²) >= 11 is 0. The van der Waals surface area contributed by atoms with Crippen molar-refractivity contribution < 1.29 is 14.5 Å². The van der Waals surface area contributed by atoms with Crippen LogP contribution in [-0.2, 0) is 9.59 Å². The summed E-state index contributed by atoms with van der Waals surface area (Å²) < 4.78 is 0. The summed E-state index contributed by atoms with van der Waals surface area (Å²) in [5, 5.41) is 11.2. The first kappa shape index (κ1) is 20.5. The zero-order valence-electron chi connectivity index (χ0n) is 15.1. The Kier molecular flexibility index (Phi) is 7.96. The molecule has 0 heterocycles. The van der Waals surface area contributed by atoms with E-state index in [2.05, 4.69) is 0 Å². The molecule has 0 saturated heterocycles. The molecule has 0 fully saturated rings. The molecular formula is C16H25N5O4. The second-order valence-electron chi connectivity index (χ2n) is 6.17. The third-order valence-electron chi connectivity index (χ3n) is 3.59. The van der Waals surface area contributed by atoms with Gasteiger partial charge in [-0.3, -0.25) is 19.7 Å². The van der Waals surface area contributed by atoms with Crippen LogP contribution in [0.15, 0.2) is 18.2 Å². The van der Waals surface area contributed by atoms with Gasteiger partial charge in [0.2, 0.25) is 12.8 Å². The molecule has 1 rings (SSSR count). The predicted octanol–water partition coefficient (Wildman–Crippen LogP) is 0.644. The zero-order valence-corrected chi connectivity index (χ0v) is 15.1. The molecule has 0 atom stereocenters. The second-order valence-corrected chi connectivity index (χ2v) is 6.17. The Morgan fingerprint density at radius 3 is 1.52 bits per heavy atom. The van der Waals surface area contributed by atoms with Gasteiger partial charge in [-0.1, -0.05) is 0 Å². The fraction of sp³-hybridized carbons (Fsp3) is 0.500. The van der Waals surface area contributed by atoms with Gasteiger partial charge in [-0.05, 0) is 34.3 Å². The van der Waals surface area contributed by atoms with Crippen molar-refractivity contribution in [2.75, 3.05) is 64.2 Å². The van der Waals surface area contributed by atoms with E-state index in [1.54, 1.807) is 6.07 Å². The van der Waals surface area contributed by atoms with Gasteiger partial charge in [-0.2, -0.15) is 0 Å². The molecular weight excluding hydrogens is 326 g/mol. The molecule has 0 aliphatic rings. The van der Waals surface area contributed by atoms with Crippen molar-refractivity contribution in [1.29, 1.82) is 0 Å². The van der Waals surface area contributed by atoms with Gasteiger partial charge in [-0.25, -0.2) is 0 Å². The molecule has 25 heavy (non-hydrogen) atoms. The first-order chi connectivity index (χ1) is 11.8. The Bertz CT molecular complexity index is 564. The van der Waals surface area contributed by atoms with Gasteiger partial charge < -0.3 is 19.6 Å². The molecule has 0 aromatic heterocycles. The van der Waals surface area contributed by atoms with E-state index in [-0.39, 0.29) is 5.69 Å². The highest BCUT2D eigenvalue weighted by atomic mass is 16.6. The van der Waals surface area contributed by atoms with Crippen molar-refractivity contribution in [3.8, 4) is 0 Å². The number of hydrogen-bond acceptors (Lipinski definition) is 6. The third kappa shape index (κ3) is 6.48. The summed E-state index contributed by atoms with van der Waals surface area (Å²) in [5.74, 6) is 0. The van der Waals surface area contributed by atoms with Crippen LogP contribution >= 0.6 is 0 Å². The number of anilines is 2. The number of amides is 2. The number of rotatable bonds is 11. The number of nitrogens with zero attached hydrogens (tertiary/aromatic N) is 5. The van der Waals surface area contributed by atoms with Crippen molar-refractivity contribution in [2.45, 2.75) is 0 Å². The number of likely N-dealkylation sites (N-methyl/N-ethyl adjacent to an activating group) is 2. The van der Waals surface area contributed by atoms with E-state index in [0.717, 1.165) is 0 Å². The van der Waals surface area contributed by atoms with E-state index < -0.39 is 4.92 Å². The molecule has 0 spiro atoms. The number of carbonyl (C=O) groups excluding carboxylic acids is 2. The number of carbonyl (C=O) groups is 2. The lowest BCUT2D eigenvalue weighted by molar-refractivity contribution is -0.384. The van der Waals surface area contributed by atoms with Crippen LogP contribution in [0.5, 0.6) is 0 Å². The summed E-state index contributed by atoms with van der Waals surface area (Å²) in [5.41, 5.74) is 0.608. The highest BCUT2D eigenvalue weighted by molar-refractivity contribution is 5.83. The molecule has 0 bridgehead atoms. The quantitative estimate of drug-likeness (QED) is 0.330. The van der Waals surface area contributed by atoms with Crippen LogP contribution < -0.4 is 9.80 Å². The lowest BCUT2D eigenvalue weighted by Crippen LogP contribution is -2.32. The number of nitro benzene ring substituents is 1. The summed E-state index contributed by atoms with van der Waals surface area (Å²) in [4.78, 5) is 40.1. The lowest BCUT2D eigenvalue weighted by atomic mass is 10.2. The van der Waals surface area contributed by atoms with Crippen molar-refractivity contribution in [3.63, 3.8) is 0 Å². The van der Waals surface area contributed by atoms with E-state index in [1.807, 2.05) is 38.0 Å². The van der Waals surface area contributed by atoms with E-state index in [0.29, 0.717) is 50.4 Å². The smallest absolute Gasteiger partial charge is 0.273 e. The summed E-state index contributed by atoms with van der Waals surface area (Å²) in [6, 6.07) is 4.28. The molecule has 0 radical (unpaired) electrons. The highest BCUT2D eigenvalue weighted by Gasteiger charge is 2.17. The summed E-state index contributed by atoms with van der Waals surface area (Å²) in [6.07, 6.45) is 1.27. The summed E-state index contributed by atoms with van der Waals surface area (Å²) in [7, 11) is 7.49. The predicted molar refractivity (Wildman–Crippen MR) is 97.0 cm³/mol. The van der Waals surface area contributed by atoms with Gasteiger partial charge >= 0.3 is 0 Å². The maximum absolute atomic E-state index is 11.4. The van der Waals surface area contributed by atoms with Crippen LogP contribution in [0.3, 0.4) is 0 Å². The van der Waals surface area contributed by atoms with Gasteiger partial charge in [0, 0.05) is 38.3 Å². The second kappa shape index (κ2) is 9.70. The molecule has 0 saturated carbocycles. The average molecular weight is 351 g/mol. The number of non-ortho nitro benzene ring substituents is 1. The van der Waals surface area contributed by atoms with Crippen molar-refractivity contribution in [3.05, 3.63) is 28.3 Å². The first-order valence-corrected chi connectivity index (χ1v) is 7.81. The molecule has 9 nitrogen and oxygen atoms in total. The third-order valence-corrected chi connectivity index (χ3v) is 3.59. The van der Waals surface area contributed by atoms with Crippen molar-refractivity contribution >= 4 is 29.9 Å². The van der Waals surface area contributed by atoms with Gasteiger partial charge in [0.05, 0.1) is 16.3 Å². The van der Waals surface area contributed by atoms with Gasteiger partial charge in [0.25, 0.3) is 5.69 Å². The maximum atomic E-state index is 11.4. The Balaban J connectivity index is 3.20.